The minimum atomic E-state index is 0.763. The first-order chi connectivity index (χ1) is 6.93. The third kappa shape index (κ3) is 1.47. The Balaban J connectivity index is 1.91. The van der Waals surface area contributed by atoms with Crippen LogP contribution in [0.3, 0.4) is 0 Å². The van der Waals surface area contributed by atoms with Crippen molar-refractivity contribution < 1.29 is 0 Å². The van der Waals surface area contributed by atoms with Gasteiger partial charge in [-0.2, -0.15) is 0 Å². The van der Waals surface area contributed by atoms with E-state index in [1.165, 1.54) is 42.8 Å². The highest BCUT2D eigenvalue weighted by Crippen LogP contribution is 2.39. The highest BCUT2D eigenvalue weighted by Gasteiger charge is 2.28. The van der Waals surface area contributed by atoms with Crippen LogP contribution in [0.15, 0.2) is 29.2 Å². The third-order valence-corrected chi connectivity index (χ3v) is 4.62. The molecule has 2 aliphatic rings. The van der Waals surface area contributed by atoms with Crippen molar-refractivity contribution in [1.29, 1.82) is 0 Å². The van der Waals surface area contributed by atoms with Gasteiger partial charge in [-0.05, 0) is 37.4 Å². The average Bonchev–Trinajstić information content (AvgIpc) is 2.26. The Morgan fingerprint density at radius 3 is 3.14 bits per heavy atom. The van der Waals surface area contributed by atoms with Crippen molar-refractivity contribution in [3.05, 3.63) is 29.8 Å². The van der Waals surface area contributed by atoms with Crippen LogP contribution in [0.1, 0.15) is 24.8 Å². The van der Waals surface area contributed by atoms with E-state index in [1.807, 2.05) is 0 Å². The third-order valence-electron chi connectivity index (χ3n) is 3.16. The summed E-state index contributed by atoms with van der Waals surface area (Å²) in [6, 6.07) is 8.85. The van der Waals surface area contributed by atoms with E-state index in [0.717, 1.165) is 5.37 Å². The fourth-order valence-electron chi connectivity index (χ4n) is 2.39. The summed E-state index contributed by atoms with van der Waals surface area (Å²) in [7, 11) is 0. The van der Waals surface area contributed by atoms with Crippen molar-refractivity contribution in [3.63, 3.8) is 0 Å². The van der Waals surface area contributed by atoms with Gasteiger partial charge in [-0.1, -0.05) is 18.2 Å². The zero-order valence-electron chi connectivity index (χ0n) is 8.28. The van der Waals surface area contributed by atoms with Crippen molar-refractivity contribution in [2.24, 2.45) is 0 Å². The van der Waals surface area contributed by atoms with Gasteiger partial charge in [0, 0.05) is 11.4 Å². The molecule has 14 heavy (non-hydrogen) atoms. The zero-order chi connectivity index (χ0) is 9.38. The largest absolute Gasteiger partial charge is 0.287 e. The lowest BCUT2D eigenvalue weighted by Gasteiger charge is -2.39. The van der Waals surface area contributed by atoms with Gasteiger partial charge in [-0.15, -0.1) is 11.8 Å². The quantitative estimate of drug-likeness (QED) is 0.640. The van der Waals surface area contributed by atoms with E-state index in [4.69, 9.17) is 0 Å². The average molecular weight is 205 g/mol. The van der Waals surface area contributed by atoms with Crippen molar-refractivity contribution in [3.8, 4) is 0 Å². The second kappa shape index (κ2) is 3.59. The van der Waals surface area contributed by atoms with Crippen LogP contribution in [-0.2, 0) is 6.54 Å². The first-order valence-electron chi connectivity index (χ1n) is 5.42. The fraction of sp³-hybridized carbons (Fsp3) is 0.500. The minimum absolute atomic E-state index is 0.763. The maximum absolute atomic E-state index is 2.64. The van der Waals surface area contributed by atoms with Gasteiger partial charge in [0.05, 0.1) is 5.37 Å². The molecule has 3 rings (SSSR count). The summed E-state index contributed by atoms with van der Waals surface area (Å²) in [5.74, 6) is 0. The number of benzene rings is 1. The first kappa shape index (κ1) is 8.81. The molecule has 0 aliphatic carbocycles. The standard InChI is InChI=1S/C12H15NS/c1-2-6-11-10(5-1)9-13-8-4-3-7-12(13)14-11/h1-2,5-6,12H,3-4,7-9H2/t12-/m0/s1. The SMILES string of the molecule is c1ccc2c(c1)CN1CCCC[C@@H]1S2. The molecule has 0 saturated carbocycles. The van der Waals surface area contributed by atoms with E-state index in [0.29, 0.717) is 0 Å². The van der Waals surface area contributed by atoms with Gasteiger partial charge in [0.2, 0.25) is 0 Å². The van der Waals surface area contributed by atoms with Gasteiger partial charge in [0.15, 0.2) is 0 Å². The molecule has 1 nitrogen and oxygen atoms in total. The Kier molecular flexibility index (Phi) is 2.26. The van der Waals surface area contributed by atoms with Crippen LogP contribution in [-0.4, -0.2) is 16.8 Å². The summed E-state index contributed by atoms with van der Waals surface area (Å²) < 4.78 is 0. The Labute approximate surface area is 89.5 Å². The molecule has 0 spiro atoms. The van der Waals surface area contributed by atoms with E-state index in [-0.39, 0.29) is 0 Å². The van der Waals surface area contributed by atoms with Gasteiger partial charge in [0.25, 0.3) is 0 Å². The van der Waals surface area contributed by atoms with Gasteiger partial charge in [-0.3, -0.25) is 4.90 Å². The van der Waals surface area contributed by atoms with Gasteiger partial charge in [0.1, 0.15) is 0 Å². The summed E-state index contributed by atoms with van der Waals surface area (Å²) in [5, 5.41) is 0.763. The smallest absolute Gasteiger partial charge is 0.0607 e. The molecule has 1 fully saturated rings. The van der Waals surface area contributed by atoms with E-state index in [1.54, 1.807) is 0 Å². The molecular weight excluding hydrogens is 190 g/mol. The predicted octanol–water partition coefficient (Wildman–Crippen LogP) is 3.10. The molecular formula is C12H15NS. The Bertz CT molecular complexity index is 304. The number of hydrogen-bond acceptors (Lipinski definition) is 2. The van der Waals surface area contributed by atoms with E-state index >= 15 is 0 Å². The monoisotopic (exact) mass is 205 g/mol. The van der Waals surface area contributed by atoms with Crippen LogP contribution in [0.25, 0.3) is 0 Å². The molecule has 2 heterocycles. The van der Waals surface area contributed by atoms with Gasteiger partial charge < -0.3 is 0 Å². The topological polar surface area (TPSA) is 3.24 Å². The molecule has 74 valence electrons. The number of rotatable bonds is 0. The lowest BCUT2D eigenvalue weighted by atomic mass is 10.1. The molecule has 0 radical (unpaired) electrons. The maximum atomic E-state index is 2.64. The van der Waals surface area contributed by atoms with Crippen molar-refractivity contribution in [2.75, 3.05) is 6.54 Å². The molecule has 1 atom stereocenters. The number of piperidine rings is 1. The van der Waals surface area contributed by atoms with Crippen LogP contribution < -0.4 is 0 Å². The maximum Gasteiger partial charge on any atom is 0.0607 e. The molecule has 0 N–H and O–H groups in total. The first-order valence-corrected chi connectivity index (χ1v) is 6.30. The lowest BCUT2D eigenvalue weighted by Crippen LogP contribution is -2.39. The second-order valence-corrected chi connectivity index (χ2v) is 5.37. The summed E-state index contributed by atoms with van der Waals surface area (Å²) in [4.78, 5) is 4.15. The number of hydrogen-bond donors (Lipinski definition) is 0. The molecule has 0 unspecified atom stereocenters. The van der Waals surface area contributed by atoms with Crippen molar-refractivity contribution in [2.45, 2.75) is 36.1 Å². The Morgan fingerprint density at radius 1 is 1.21 bits per heavy atom. The van der Waals surface area contributed by atoms with Crippen LogP contribution in [0.2, 0.25) is 0 Å². The van der Waals surface area contributed by atoms with Crippen LogP contribution in [0.5, 0.6) is 0 Å². The second-order valence-electron chi connectivity index (χ2n) is 4.15. The lowest BCUT2D eigenvalue weighted by molar-refractivity contribution is 0.192. The number of nitrogens with zero attached hydrogens (tertiary/aromatic N) is 1. The molecule has 1 aromatic rings. The Morgan fingerprint density at radius 2 is 2.14 bits per heavy atom. The summed E-state index contributed by atoms with van der Waals surface area (Å²) in [6.45, 7) is 2.47. The minimum Gasteiger partial charge on any atom is -0.287 e. The number of fused-ring (bicyclic) bond motifs is 2. The molecule has 0 bridgehead atoms. The van der Waals surface area contributed by atoms with E-state index < -0.39 is 0 Å². The molecule has 0 amide bonds. The highest BCUT2D eigenvalue weighted by atomic mass is 32.2. The van der Waals surface area contributed by atoms with Crippen LogP contribution >= 0.6 is 11.8 Å². The molecule has 0 aromatic heterocycles. The highest BCUT2D eigenvalue weighted by molar-refractivity contribution is 8.00. The summed E-state index contributed by atoms with van der Waals surface area (Å²) >= 11 is 2.07. The van der Waals surface area contributed by atoms with E-state index in [9.17, 15) is 0 Å². The summed E-state index contributed by atoms with van der Waals surface area (Å²) in [5.41, 5.74) is 1.52. The van der Waals surface area contributed by atoms with Gasteiger partial charge in [-0.25, -0.2) is 0 Å². The molecule has 2 aliphatic heterocycles. The summed E-state index contributed by atoms with van der Waals surface area (Å²) in [6.07, 6.45) is 4.18. The predicted molar refractivity (Wildman–Crippen MR) is 60.3 cm³/mol. The Hall–Kier alpha value is -0.470. The number of thioether (sulfide) groups is 1. The van der Waals surface area contributed by atoms with Crippen LogP contribution in [0, 0.1) is 0 Å². The normalized spacial score (nSPS) is 26.7. The van der Waals surface area contributed by atoms with Gasteiger partial charge >= 0.3 is 0 Å². The molecule has 2 heteroatoms. The molecule has 1 aromatic carbocycles. The van der Waals surface area contributed by atoms with Crippen molar-refractivity contribution in [1.82, 2.24) is 4.90 Å². The fourth-order valence-corrected chi connectivity index (χ4v) is 3.74. The van der Waals surface area contributed by atoms with Crippen molar-refractivity contribution >= 4 is 11.8 Å². The molecule has 1 saturated heterocycles. The van der Waals surface area contributed by atoms with E-state index in [2.05, 4.69) is 40.9 Å². The van der Waals surface area contributed by atoms with Crippen LogP contribution in [0.4, 0.5) is 0 Å². The zero-order valence-corrected chi connectivity index (χ0v) is 9.09.